The fourth-order valence-corrected chi connectivity index (χ4v) is 0.919. The molecule has 0 fully saturated rings. The average molecular weight is 172 g/mol. The first-order valence-electron chi connectivity index (χ1n) is 4.06. The predicted molar refractivity (Wildman–Crippen MR) is 53.0 cm³/mol. The van der Waals surface area contributed by atoms with E-state index in [1.54, 1.807) is 0 Å². The third-order valence-electron chi connectivity index (χ3n) is 0.990. The van der Waals surface area contributed by atoms with Gasteiger partial charge < -0.3 is 4.43 Å². The minimum absolute atomic E-state index is 0.236. The summed E-state index contributed by atoms with van der Waals surface area (Å²) in [6.45, 7) is 13.0. The molecular formula is C9H20OSi. The Bertz CT molecular complexity index is 137. The fraction of sp³-hybridized carbons (Fsp3) is 0.778. The lowest BCUT2D eigenvalue weighted by Crippen LogP contribution is -2.22. The first-order chi connectivity index (χ1) is 4.71. The highest BCUT2D eigenvalue weighted by Gasteiger charge is 2.13. The fourth-order valence-electron chi connectivity index (χ4n) is 0.442. The van der Waals surface area contributed by atoms with E-state index in [1.165, 1.54) is 0 Å². The largest absolute Gasteiger partial charge is 0.550 e. The molecule has 2 heteroatoms. The molecule has 11 heavy (non-hydrogen) atoms. The number of hydrogen-bond donors (Lipinski definition) is 0. The highest BCUT2D eigenvalue weighted by molar-refractivity contribution is 6.69. The summed E-state index contributed by atoms with van der Waals surface area (Å²) in [5.74, 6) is 0. The van der Waals surface area contributed by atoms with Crippen molar-refractivity contribution >= 4 is 8.32 Å². The minimum atomic E-state index is -1.34. The van der Waals surface area contributed by atoms with Gasteiger partial charge in [0.25, 0.3) is 0 Å². The van der Waals surface area contributed by atoms with Gasteiger partial charge >= 0.3 is 0 Å². The average Bonchev–Trinajstić information content (AvgIpc) is 1.55. The van der Waals surface area contributed by atoms with Crippen molar-refractivity contribution in [2.75, 3.05) is 0 Å². The zero-order chi connectivity index (χ0) is 9.12. The molecule has 0 unspecified atom stereocenters. The molecule has 0 bridgehead atoms. The van der Waals surface area contributed by atoms with E-state index in [0.717, 1.165) is 0 Å². The van der Waals surface area contributed by atoms with Gasteiger partial charge in [0.05, 0.1) is 6.26 Å². The molecule has 0 heterocycles. The quantitative estimate of drug-likeness (QED) is 0.458. The van der Waals surface area contributed by atoms with Gasteiger partial charge in [0, 0.05) is 0 Å². The van der Waals surface area contributed by atoms with Crippen LogP contribution in [0.2, 0.25) is 19.6 Å². The molecule has 0 aliphatic carbocycles. The maximum atomic E-state index is 5.56. The maximum Gasteiger partial charge on any atom is 0.241 e. The van der Waals surface area contributed by atoms with Crippen molar-refractivity contribution < 1.29 is 4.43 Å². The Kier molecular flexibility index (Phi) is 3.36. The van der Waals surface area contributed by atoms with Gasteiger partial charge in [-0.1, -0.05) is 20.8 Å². The Morgan fingerprint density at radius 3 is 1.82 bits per heavy atom. The third kappa shape index (κ3) is 9.76. The van der Waals surface area contributed by atoms with E-state index < -0.39 is 8.32 Å². The van der Waals surface area contributed by atoms with Gasteiger partial charge in [-0.15, -0.1) is 0 Å². The van der Waals surface area contributed by atoms with Crippen LogP contribution in [0.4, 0.5) is 0 Å². The summed E-state index contributed by atoms with van der Waals surface area (Å²) in [7, 11) is -1.34. The van der Waals surface area contributed by atoms with Crippen LogP contribution in [-0.2, 0) is 4.43 Å². The van der Waals surface area contributed by atoms with Gasteiger partial charge in [0.1, 0.15) is 0 Å². The van der Waals surface area contributed by atoms with E-state index in [-0.39, 0.29) is 5.41 Å². The normalized spacial score (nSPS) is 14.0. The van der Waals surface area contributed by atoms with Crippen LogP contribution in [-0.4, -0.2) is 8.32 Å². The Balaban J connectivity index is 3.80. The minimum Gasteiger partial charge on any atom is -0.550 e. The molecule has 0 aromatic carbocycles. The van der Waals surface area contributed by atoms with Gasteiger partial charge in [0.15, 0.2) is 0 Å². The Morgan fingerprint density at radius 2 is 1.55 bits per heavy atom. The SMILES string of the molecule is CC(C)(C)C=CO[Si](C)(C)C. The summed E-state index contributed by atoms with van der Waals surface area (Å²) < 4.78 is 5.56. The second kappa shape index (κ2) is 3.44. The predicted octanol–water partition coefficient (Wildman–Crippen LogP) is 3.40. The van der Waals surface area contributed by atoms with Crippen LogP contribution >= 0.6 is 0 Å². The van der Waals surface area contributed by atoms with E-state index in [2.05, 4.69) is 46.5 Å². The van der Waals surface area contributed by atoms with Crippen molar-refractivity contribution in [3.63, 3.8) is 0 Å². The molecule has 0 saturated carbocycles. The highest BCUT2D eigenvalue weighted by Crippen LogP contribution is 2.15. The van der Waals surface area contributed by atoms with Crippen molar-refractivity contribution in [2.45, 2.75) is 40.4 Å². The summed E-state index contributed by atoms with van der Waals surface area (Å²) in [4.78, 5) is 0. The molecule has 0 spiro atoms. The number of hydrogen-bond acceptors (Lipinski definition) is 1. The maximum absolute atomic E-state index is 5.56. The van der Waals surface area contributed by atoms with Crippen LogP contribution in [0.15, 0.2) is 12.3 Å². The van der Waals surface area contributed by atoms with Crippen molar-refractivity contribution in [1.29, 1.82) is 0 Å². The molecule has 66 valence electrons. The number of rotatable bonds is 2. The van der Waals surface area contributed by atoms with Crippen molar-refractivity contribution in [3.05, 3.63) is 12.3 Å². The Hall–Kier alpha value is -0.243. The molecule has 0 N–H and O–H groups in total. The van der Waals surface area contributed by atoms with Crippen molar-refractivity contribution in [3.8, 4) is 0 Å². The van der Waals surface area contributed by atoms with Crippen LogP contribution in [0, 0.1) is 5.41 Å². The smallest absolute Gasteiger partial charge is 0.241 e. The van der Waals surface area contributed by atoms with Gasteiger partial charge in [-0.25, -0.2) is 0 Å². The van der Waals surface area contributed by atoms with Crippen LogP contribution in [0.1, 0.15) is 20.8 Å². The van der Waals surface area contributed by atoms with Crippen LogP contribution in [0.3, 0.4) is 0 Å². The van der Waals surface area contributed by atoms with E-state index in [0.29, 0.717) is 0 Å². The van der Waals surface area contributed by atoms with Crippen molar-refractivity contribution in [2.24, 2.45) is 5.41 Å². The summed E-state index contributed by atoms with van der Waals surface area (Å²) in [5.41, 5.74) is 0.236. The van der Waals surface area contributed by atoms with Gasteiger partial charge in [-0.05, 0) is 31.1 Å². The first-order valence-corrected chi connectivity index (χ1v) is 7.47. The summed E-state index contributed by atoms with van der Waals surface area (Å²) in [5, 5.41) is 0. The lowest BCUT2D eigenvalue weighted by Gasteiger charge is -2.17. The lowest BCUT2D eigenvalue weighted by atomic mass is 9.98. The molecular weight excluding hydrogens is 152 g/mol. The van der Waals surface area contributed by atoms with E-state index in [1.807, 2.05) is 6.26 Å². The van der Waals surface area contributed by atoms with E-state index in [4.69, 9.17) is 4.43 Å². The third-order valence-corrected chi connectivity index (χ3v) is 1.83. The van der Waals surface area contributed by atoms with Gasteiger partial charge in [-0.2, -0.15) is 0 Å². The summed E-state index contributed by atoms with van der Waals surface area (Å²) >= 11 is 0. The zero-order valence-electron chi connectivity index (χ0n) is 8.56. The molecule has 0 aliphatic heterocycles. The van der Waals surface area contributed by atoms with Crippen LogP contribution in [0.5, 0.6) is 0 Å². The zero-order valence-corrected chi connectivity index (χ0v) is 9.56. The Labute approximate surface area is 71.6 Å². The Morgan fingerprint density at radius 1 is 1.09 bits per heavy atom. The molecule has 0 aromatic heterocycles. The number of allylic oxidation sites excluding steroid dienone is 1. The first kappa shape index (κ1) is 10.8. The van der Waals surface area contributed by atoms with Crippen LogP contribution in [0.25, 0.3) is 0 Å². The lowest BCUT2D eigenvalue weighted by molar-refractivity contribution is 0.453. The van der Waals surface area contributed by atoms with E-state index in [9.17, 15) is 0 Å². The molecule has 0 radical (unpaired) electrons. The summed E-state index contributed by atoms with van der Waals surface area (Å²) in [6.07, 6.45) is 3.96. The molecule has 0 aliphatic rings. The molecule has 0 rings (SSSR count). The standard InChI is InChI=1S/C9H20OSi/c1-9(2,3)7-8-10-11(4,5)6/h7-8H,1-6H3. The molecule has 0 amide bonds. The second-order valence-corrected chi connectivity index (χ2v) is 9.36. The summed E-state index contributed by atoms with van der Waals surface area (Å²) in [6, 6.07) is 0. The topological polar surface area (TPSA) is 9.23 Å². The van der Waals surface area contributed by atoms with Crippen LogP contribution < -0.4 is 0 Å². The van der Waals surface area contributed by atoms with Gasteiger partial charge in [-0.3, -0.25) is 0 Å². The molecule has 1 nitrogen and oxygen atoms in total. The molecule has 0 saturated heterocycles. The van der Waals surface area contributed by atoms with Crippen molar-refractivity contribution in [1.82, 2.24) is 0 Å². The van der Waals surface area contributed by atoms with Gasteiger partial charge in [0.2, 0.25) is 8.32 Å². The molecule has 0 atom stereocenters. The highest BCUT2D eigenvalue weighted by atomic mass is 28.4. The van der Waals surface area contributed by atoms with E-state index >= 15 is 0 Å². The monoisotopic (exact) mass is 172 g/mol. The second-order valence-electron chi connectivity index (χ2n) is 4.90. The molecule has 0 aromatic rings.